The fraction of sp³-hybridized carbons (Fsp3) is 0.304. The first-order valence-electron chi connectivity index (χ1n) is 10.1. The van der Waals surface area contributed by atoms with E-state index < -0.39 is 11.9 Å². The van der Waals surface area contributed by atoms with E-state index in [9.17, 15) is 9.59 Å². The maximum absolute atomic E-state index is 12.3. The minimum Gasteiger partial charge on any atom is -0.465 e. The molecule has 160 valence electrons. The van der Waals surface area contributed by atoms with Crippen molar-refractivity contribution in [3.05, 3.63) is 64.9 Å². The van der Waals surface area contributed by atoms with E-state index in [1.165, 1.54) is 12.3 Å². The van der Waals surface area contributed by atoms with Gasteiger partial charge in [-0.2, -0.15) is 5.10 Å². The Bertz CT molecular complexity index is 1270. The highest BCUT2D eigenvalue weighted by Gasteiger charge is 2.18. The monoisotopic (exact) mass is 421 g/mol. The molecule has 0 aliphatic carbocycles. The molecule has 1 aromatic carbocycles. The van der Waals surface area contributed by atoms with Crippen LogP contribution in [0.15, 0.2) is 41.0 Å². The maximum atomic E-state index is 12.3. The second kappa shape index (κ2) is 8.59. The number of aromatic nitrogens is 3. The predicted molar refractivity (Wildman–Crippen MR) is 113 cm³/mol. The number of ether oxygens (including phenoxy) is 2. The molecule has 3 heterocycles. The summed E-state index contributed by atoms with van der Waals surface area (Å²) in [4.78, 5) is 28.9. The smallest absolute Gasteiger partial charge is 0.341 e. The number of esters is 2. The zero-order valence-corrected chi connectivity index (χ0v) is 17.7. The predicted octanol–water partition coefficient (Wildman–Crippen LogP) is 3.95. The van der Waals surface area contributed by atoms with E-state index in [2.05, 4.69) is 5.10 Å². The molecule has 4 aromatic rings. The Hall–Kier alpha value is -3.68. The molecule has 0 radical (unpaired) electrons. The molecule has 0 N–H and O–H groups in total. The van der Waals surface area contributed by atoms with E-state index in [4.69, 9.17) is 18.9 Å². The van der Waals surface area contributed by atoms with Gasteiger partial charge in [-0.15, -0.1) is 0 Å². The van der Waals surface area contributed by atoms with Gasteiger partial charge in [-0.3, -0.25) is 4.79 Å². The maximum Gasteiger partial charge on any atom is 0.341 e. The van der Waals surface area contributed by atoms with Crippen LogP contribution in [0.5, 0.6) is 0 Å². The molecule has 0 fully saturated rings. The zero-order valence-electron chi connectivity index (χ0n) is 17.7. The van der Waals surface area contributed by atoms with Crippen molar-refractivity contribution < 1.29 is 23.5 Å². The molecular formula is C23H23N3O5. The van der Waals surface area contributed by atoms with Crippen LogP contribution in [0, 0.1) is 13.8 Å². The first kappa shape index (κ1) is 20.6. The van der Waals surface area contributed by atoms with E-state index >= 15 is 0 Å². The third-order valence-corrected chi connectivity index (χ3v) is 5.20. The van der Waals surface area contributed by atoms with E-state index in [-0.39, 0.29) is 31.0 Å². The van der Waals surface area contributed by atoms with Gasteiger partial charge < -0.3 is 13.9 Å². The molecule has 0 saturated heterocycles. The lowest BCUT2D eigenvalue weighted by atomic mass is 10.1. The van der Waals surface area contributed by atoms with E-state index in [1.807, 2.05) is 42.6 Å². The Morgan fingerprint density at radius 2 is 1.94 bits per heavy atom. The van der Waals surface area contributed by atoms with Crippen molar-refractivity contribution in [2.24, 2.45) is 0 Å². The van der Waals surface area contributed by atoms with Crippen molar-refractivity contribution in [3.63, 3.8) is 0 Å². The van der Waals surface area contributed by atoms with Crippen LogP contribution < -0.4 is 0 Å². The Labute approximate surface area is 178 Å². The van der Waals surface area contributed by atoms with Gasteiger partial charge >= 0.3 is 11.9 Å². The number of fused-ring (bicyclic) bond motifs is 3. The van der Waals surface area contributed by atoms with Crippen LogP contribution in [-0.4, -0.2) is 33.1 Å². The summed E-state index contributed by atoms with van der Waals surface area (Å²) in [6.07, 6.45) is 2.01. The highest BCUT2D eigenvalue weighted by Crippen LogP contribution is 2.23. The largest absolute Gasteiger partial charge is 0.465 e. The number of furan rings is 1. The van der Waals surface area contributed by atoms with Crippen LogP contribution in [0.4, 0.5) is 0 Å². The fourth-order valence-corrected chi connectivity index (χ4v) is 3.63. The summed E-state index contributed by atoms with van der Waals surface area (Å²) >= 11 is 0. The second-order valence-corrected chi connectivity index (χ2v) is 7.15. The zero-order chi connectivity index (χ0) is 22.0. The number of hydrogen-bond acceptors (Lipinski definition) is 7. The number of aryl methyl sites for hydroxylation is 2. The number of nitrogens with zero attached hydrogens (tertiary/aromatic N) is 3. The summed E-state index contributed by atoms with van der Waals surface area (Å²) in [5.74, 6) is -0.624. The highest BCUT2D eigenvalue weighted by atomic mass is 16.5. The van der Waals surface area contributed by atoms with Gasteiger partial charge in [0.25, 0.3) is 0 Å². The average molecular weight is 421 g/mol. The standard InChI is InChI=1S/C23H23N3O5/c1-4-29-23(28)18-11-12-30-20(18)13-31-21(27)10-9-16-14(2)24-22-17-7-5-6-8-19(17)25-26(22)15(16)3/h5-8,11-12H,4,9-10,13H2,1-3H3. The summed E-state index contributed by atoms with van der Waals surface area (Å²) in [6, 6.07) is 9.37. The van der Waals surface area contributed by atoms with Crippen molar-refractivity contribution in [1.29, 1.82) is 0 Å². The van der Waals surface area contributed by atoms with Gasteiger partial charge in [-0.1, -0.05) is 12.1 Å². The van der Waals surface area contributed by atoms with Crippen LogP contribution in [0.3, 0.4) is 0 Å². The summed E-state index contributed by atoms with van der Waals surface area (Å²) in [7, 11) is 0. The molecule has 0 amide bonds. The normalized spacial score (nSPS) is 11.2. The van der Waals surface area contributed by atoms with E-state index in [0.717, 1.165) is 33.5 Å². The van der Waals surface area contributed by atoms with E-state index in [0.29, 0.717) is 6.42 Å². The Morgan fingerprint density at radius 1 is 1.13 bits per heavy atom. The molecule has 0 unspecified atom stereocenters. The van der Waals surface area contributed by atoms with Gasteiger partial charge in [0, 0.05) is 23.2 Å². The number of rotatable bonds is 7. The molecule has 0 aliphatic rings. The van der Waals surface area contributed by atoms with E-state index in [1.54, 1.807) is 6.92 Å². The number of hydrogen-bond donors (Lipinski definition) is 0. The van der Waals surface area contributed by atoms with Gasteiger partial charge in [0.05, 0.1) is 18.4 Å². The quantitative estimate of drug-likeness (QED) is 0.417. The molecular weight excluding hydrogens is 398 g/mol. The lowest BCUT2D eigenvalue weighted by Gasteiger charge is -2.11. The first-order valence-corrected chi connectivity index (χ1v) is 10.1. The van der Waals surface area contributed by atoms with Crippen molar-refractivity contribution in [2.45, 2.75) is 40.2 Å². The van der Waals surface area contributed by atoms with Gasteiger partial charge in [-0.05, 0) is 51.0 Å². The SMILES string of the molecule is CCOC(=O)c1ccoc1COC(=O)CCc1c(C)nc2c3ccccc3nn2c1C. The number of carbonyl (C=O) groups is 2. The van der Waals surface area contributed by atoms with Crippen molar-refractivity contribution in [3.8, 4) is 0 Å². The van der Waals surface area contributed by atoms with Crippen molar-refractivity contribution in [2.75, 3.05) is 6.61 Å². The summed E-state index contributed by atoms with van der Waals surface area (Å²) in [5.41, 5.74) is 4.72. The molecule has 31 heavy (non-hydrogen) atoms. The van der Waals surface area contributed by atoms with Crippen LogP contribution in [-0.2, 0) is 27.3 Å². The van der Waals surface area contributed by atoms with Crippen LogP contribution in [0.2, 0.25) is 0 Å². The molecule has 8 nitrogen and oxygen atoms in total. The Balaban J connectivity index is 1.45. The van der Waals surface area contributed by atoms with Gasteiger partial charge in [-0.25, -0.2) is 14.3 Å². The number of benzene rings is 1. The summed E-state index contributed by atoms with van der Waals surface area (Å²) in [6.45, 7) is 5.76. The average Bonchev–Trinajstić information content (AvgIpc) is 3.37. The molecule has 0 atom stereocenters. The Kier molecular flexibility index (Phi) is 5.70. The van der Waals surface area contributed by atoms with Gasteiger partial charge in [0.1, 0.15) is 12.2 Å². The molecule has 0 bridgehead atoms. The highest BCUT2D eigenvalue weighted by molar-refractivity contribution is 5.92. The number of carbonyl (C=O) groups excluding carboxylic acids is 2. The third-order valence-electron chi connectivity index (χ3n) is 5.20. The lowest BCUT2D eigenvalue weighted by molar-refractivity contribution is -0.145. The summed E-state index contributed by atoms with van der Waals surface area (Å²) < 4.78 is 17.4. The van der Waals surface area contributed by atoms with Gasteiger partial charge in [0.15, 0.2) is 11.4 Å². The molecule has 4 rings (SSSR count). The minimum atomic E-state index is -0.500. The lowest BCUT2D eigenvalue weighted by Crippen LogP contribution is -2.11. The Morgan fingerprint density at radius 3 is 2.74 bits per heavy atom. The third kappa shape index (κ3) is 4.01. The summed E-state index contributed by atoms with van der Waals surface area (Å²) in [5, 5.41) is 5.63. The topological polar surface area (TPSA) is 95.9 Å². The first-order chi connectivity index (χ1) is 15.0. The molecule has 0 aliphatic heterocycles. The minimum absolute atomic E-state index is 0.125. The van der Waals surface area contributed by atoms with Crippen LogP contribution in [0.1, 0.15) is 46.4 Å². The van der Waals surface area contributed by atoms with Crippen LogP contribution >= 0.6 is 0 Å². The molecule has 0 saturated carbocycles. The van der Waals surface area contributed by atoms with Gasteiger partial charge in [0.2, 0.25) is 0 Å². The van der Waals surface area contributed by atoms with Crippen molar-refractivity contribution >= 4 is 28.5 Å². The second-order valence-electron chi connectivity index (χ2n) is 7.15. The fourth-order valence-electron chi connectivity index (χ4n) is 3.63. The van der Waals surface area contributed by atoms with Crippen LogP contribution in [0.25, 0.3) is 16.6 Å². The molecule has 8 heteroatoms. The molecule has 0 spiro atoms. The molecule has 3 aromatic heterocycles. The van der Waals surface area contributed by atoms with Crippen molar-refractivity contribution in [1.82, 2.24) is 14.6 Å².